The molecule has 1 aromatic rings. The second-order valence-corrected chi connectivity index (χ2v) is 3.77. The van der Waals surface area contributed by atoms with Gasteiger partial charge in [-0.05, 0) is 23.3 Å². The van der Waals surface area contributed by atoms with Crippen molar-refractivity contribution in [3.8, 4) is 0 Å². The maximum absolute atomic E-state index is 11.8. The van der Waals surface area contributed by atoms with E-state index >= 15 is 0 Å². The summed E-state index contributed by atoms with van der Waals surface area (Å²) >= 11 is 0. The number of hydrogen-bond acceptors (Lipinski definition) is 2. The molecule has 0 fully saturated rings. The molecule has 0 radical (unpaired) electrons. The molecule has 0 spiro atoms. The number of ketones is 2. The molecule has 0 N–H and O–H groups in total. The lowest BCUT2D eigenvalue weighted by molar-refractivity contribution is -0.111. The van der Waals surface area contributed by atoms with Crippen molar-refractivity contribution < 1.29 is 9.59 Å². The summed E-state index contributed by atoms with van der Waals surface area (Å²) in [7, 11) is 0. The van der Waals surface area contributed by atoms with Gasteiger partial charge in [-0.3, -0.25) is 9.59 Å². The van der Waals surface area contributed by atoms with E-state index in [4.69, 9.17) is 0 Å². The van der Waals surface area contributed by atoms with Gasteiger partial charge in [-0.2, -0.15) is 0 Å². The molecule has 16 heavy (non-hydrogen) atoms. The molecule has 0 unspecified atom stereocenters. The average Bonchev–Trinajstić information content (AvgIpc) is 2.31. The normalized spacial score (nSPS) is 17.5. The Morgan fingerprint density at radius 2 is 1.56 bits per heavy atom. The summed E-state index contributed by atoms with van der Waals surface area (Å²) in [6.45, 7) is 0. The quantitative estimate of drug-likeness (QED) is 0.655. The molecule has 0 atom stereocenters. The van der Waals surface area contributed by atoms with Crippen molar-refractivity contribution in [1.82, 2.24) is 0 Å². The van der Waals surface area contributed by atoms with Crippen LogP contribution >= 0.6 is 0 Å². The van der Waals surface area contributed by atoms with Crippen LogP contribution in [0.5, 0.6) is 0 Å². The molecule has 0 amide bonds. The van der Waals surface area contributed by atoms with Crippen molar-refractivity contribution in [1.29, 1.82) is 0 Å². The summed E-state index contributed by atoms with van der Waals surface area (Å²) < 4.78 is 0. The van der Waals surface area contributed by atoms with Gasteiger partial charge in [0.1, 0.15) is 0 Å². The van der Waals surface area contributed by atoms with Gasteiger partial charge in [0.05, 0.1) is 0 Å². The van der Waals surface area contributed by atoms with E-state index in [9.17, 15) is 9.59 Å². The van der Waals surface area contributed by atoms with Crippen LogP contribution < -0.4 is 0 Å². The van der Waals surface area contributed by atoms with Gasteiger partial charge < -0.3 is 0 Å². The Balaban J connectivity index is 2.32. The Kier molecular flexibility index (Phi) is 1.77. The van der Waals surface area contributed by atoms with Gasteiger partial charge in [-0.1, -0.05) is 36.4 Å². The van der Waals surface area contributed by atoms with Crippen LogP contribution in [0.3, 0.4) is 0 Å². The predicted octanol–water partition coefficient (Wildman–Crippen LogP) is 2.33. The van der Waals surface area contributed by atoms with Crippen molar-refractivity contribution in [3.63, 3.8) is 0 Å². The van der Waals surface area contributed by atoms with E-state index < -0.39 is 0 Å². The Morgan fingerprint density at radius 1 is 0.812 bits per heavy atom. The summed E-state index contributed by atoms with van der Waals surface area (Å²) in [5.74, 6) is -0.188. The molecular weight excluding hydrogens is 200 g/mol. The smallest absolute Gasteiger partial charge is 0.187 e. The molecule has 0 saturated heterocycles. The van der Waals surface area contributed by atoms with Crippen LogP contribution in [-0.4, -0.2) is 11.6 Å². The number of carbonyl (C=O) groups is 2. The molecule has 1 aromatic carbocycles. The molecule has 0 bridgehead atoms. The SMILES string of the molecule is O=C1C=CC=C2C1=CC(=O)c1ccccc12. The van der Waals surface area contributed by atoms with E-state index in [-0.39, 0.29) is 11.6 Å². The second kappa shape index (κ2) is 3.14. The Labute approximate surface area is 92.6 Å². The fraction of sp³-hybridized carbons (Fsp3) is 0. The van der Waals surface area contributed by atoms with E-state index in [2.05, 4.69) is 0 Å². The van der Waals surface area contributed by atoms with Crippen LogP contribution in [0.15, 0.2) is 54.1 Å². The highest BCUT2D eigenvalue weighted by molar-refractivity contribution is 6.26. The largest absolute Gasteiger partial charge is 0.289 e. The first-order valence-electron chi connectivity index (χ1n) is 5.06. The summed E-state index contributed by atoms with van der Waals surface area (Å²) in [5, 5.41) is 0. The van der Waals surface area contributed by atoms with Gasteiger partial charge in [-0.15, -0.1) is 0 Å². The zero-order valence-corrected chi connectivity index (χ0v) is 8.44. The topological polar surface area (TPSA) is 34.1 Å². The molecule has 0 aliphatic heterocycles. The van der Waals surface area contributed by atoms with Crippen LogP contribution in [0, 0.1) is 0 Å². The maximum atomic E-state index is 11.8. The van der Waals surface area contributed by atoms with E-state index in [0.29, 0.717) is 11.1 Å². The van der Waals surface area contributed by atoms with Gasteiger partial charge in [0.25, 0.3) is 0 Å². The molecule has 0 saturated carbocycles. The van der Waals surface area contributed by atoms with Crippen molar-refractivity contribution >= 4 is 17.1 Å². The van der Waals surface area contributed by atoms with Gasteiger partial charge >= 0.3 is 0 Å². The summed E-state index contributed by atoms with van der Waals surface area (Å²) in [5.41, 5.74) is 2.87. The Morgan fingerprint density at radius 3 is 2.38 bits per heavy atom. The zero-order chi connectivity index (χ0) is 11.1. The van der Waals surface area contributed by atoms with E-state index in [0.717, 1.165) is 11.1 Å². The van der Waals surface area contributed by atoms with Crippen LogP contribution in [0.25, 0.3) is 5.57 Å². The lowest BCUT2D eigenvalue weighted by Gasteiger charge is -2.19. The number of benzene rings is 1. The molecule has 2 aliphatic rings. The molecule has 2 heteroatoms. The standard InChI is InChI=1S/C14H8O2/c15-13-7-3-6-10-9-4-1-2-5-11(9)14(16)8-12(10)13/h1-8H. The lowest BCUT2D eigenvalue weighted by Crippen LogP contribution is -2.15. The fourth-order valence-corrected chi connectivity index (χ4v) is 2.07. The van der Waals surface area contributed by atoms with E-state index in [1.165, 1.54) is 12.2 Å². The molecule has 2 aliphatic carbocycles. The molecule has 2 nitrogen and oxygen atoms in total. The summed E-state index contributed by atoms with van der Waals surface area (Å²) in [6.07, 6.45) is 6.51. The fourth-order valence-electron chi connectivity index (χ4n) is 2.07. The van der Waals surface area contributed by atoms with Gasteiger partial charge in [0.2, 0.25) is 0 Å². The maximum Gasteiger partial charge on any atom is 0.187 e. The first-order chi connectivity index (χ1) is 7.77. The zero-order valence-electron chi connectivity index (χ0n) is 8.44. The number of hydrogen-bond donors (Lipinski definition) is 0. The van der Waals surface area contributed by atoms with E-state index in [1.54, 1.807) is 12.1 Å². The monoisotopic (exact) mass is 208 g/mol. The summed E-state index contributed by atoms with van der Waals surface area (Å²) in [4.78, 5) is 23.4. The third-order valence-electron chi connectivity index (χ3n) is 2.82. The van der Waals surface area contributed by atoms with Gasteiger partial charge in [0.15, 0.2) is 11.6 Å². The van der Waals surface area contributed by atoms with Crippen LogP contribution in [0.4, 0.5) is 0 Å². The number of rotatable bonds is 0. The number of allylic oxidation sites excluding steroid dienone is 6. The van der Waals surface area contributed by atoms with Gasteiger partial charge in [0, 0.05) is 11.1 Å². The van der Waals surface area contributed by atoms with Gasteiger partial charge in [-0.25, -0.2) is 0 Å². The highest BCUT2D eigenvalue weighted by Gasteiger charge is 2.25. The van der Waals surface area contributed by atoms with Crippen molar-refractivity contribution in [2.75, 3.05) is 0 Å². The number of carbonyl (C=O) groups excluding carboxylic acids is 2. The highest BCUT2D eigenvalue weighted by Crippen LogP contribution is 2.33. The second-order valence-electron chi connectivity index (χ2n) is 3.77. The minimum Gasteiger partial charge on any atom is -0.289 e. The van der Waals surface area contributed by atoms with Crippen LogP contribution in [0.1, 0.15) is 15.9 Å². The van der Waals surface area contributed by atoms with Crippen LogP contribution in [-0.2, 0) is 4.79 Å². The lowest BCUT2D eigenvalue weighted by atomic mass is 9.82. The summed E-state index contributed by atoms with van der Waals surface area (Å²) in [6, 6.07) is 7.36. The Bertz CT molecular complexity index is 601. The molecule has 3 rings (SSSR count). The number of fused-ring (bicyclic) bond motifs is 3. The third-order valence-corrected chi connectivity index (χ3v) is 2.82. The first-order valence-corrected chi connectivity index (χ1v) is 5.06. The highest BCUT2D eigenvalue weighted by atomic mass is 16.1. The molecule has 0 heterocycles. The van der Waals surface area contributed by atoms with Crippen LogP contribution in [0.2, 0.25) is 0 Å². The molecular formula is C14H8O2. The first kappa shape index (κ1) is 9.04. The van der Waals surface area contributed by atoms with Crippen molar-refractivity contribution in [2.24, 2.45) is 0 Å². The molecule has 76 valence electrons. The predicted molar refractivity (Wildman–Crippen MR) is 61.0 cm³/mol. The average molecular weight is 208 g/mol. The molecule has 0 aromatic heterocycles. The third kappa shape index (κ3) is 1.13. The minimum atomic E-state index is -0.0969. The Hall–Kier alpha value is -2.22. The van der Waals surface area contributed by atoms with E-state index in [1.807, 2.05) is 24.3 Å². The van der Waals surface area contributed by atoms with Crippen molar-refractivity contribution in [2.45, 2.75) is 0 Å². The minimum absolute atomic E-state index is 0.0913. The van der Waals surface area contributed by atoms with Crippen molar-refractivity contribution in [3.05, 3.63) is 65.3 Å².